The summed E-state index contributed by atoms with van der Waals surface area (Å²) in [6.45, 7) is 3.21. The van der Waals surface area contributed by atoms with Crippen molar-refractivity contribution in [3.8, 4) is 0 Å². The molecule has 0 aliphatic rings. The highest BCUT2D eigenvalue weighted by Crippen LogP contribution is 2.15. The molecule has 0 spiro atoms. The normalized spacial score (nSPS) is 10.2. The third-order valence-electron chi connectivity index (χ3n) is 2.75. The van der Waals surface area contributed by atoms with E-state index in [1.54, 1.807) is 11.4 Å². The maximum absolute atomic E-state index is 12.2. The number of amides is 1. The van der Waals surface area contributed by atoms with E-state index in [0.29, 0.717) is 17.8 Å². The van der Waals surface area contributed by atoms with Crippen LogP contribution in [0.2, 0.25) is 0 Å². The first-order chi connectivity index (χ1) is 9.70. The number of hydrogen-bond donors (Lipinski definition) is 3. The van der Waals surface area contributed by atoms with Crippen molar-refractivity contribution in [2.75, 3.05) is 11.9 Å². The van der Waals surface area contributed by atoms with E-state index in [9.17, 15) is 9.59 Å². The van der Waals surface area contributed by atoms with Gasteiger partial charge in [-0.1, -0.05) is 30.4 Å². The van der Waals surface area contributed by atoms with Crippen LogP contribution in [0.1, 0.15) is 29.4 Å². The third-order valence-corrected chi connectivity index (χ3v) is 3.47. The Hall–Kier alpha value is -2.08. The van der Waals surface area contributed by atoms with E-state index in [0.717, 1.165) is 30.0 Å². The van der Waals surface area contributed by atoms with Crippen molar-refractivity contribution in [2.45, 2.75) is 19.9 Å². The molecular weight excluding hydrogens is 274 g/mol. The van der Waals surface area contributed by atoms with E-state index >= 15 is 0 Å². The molecule has 5 nitrogen and oxygen atoms in total. The Balaban J connectivity index is 2.03. The molecule has 1 amide bonds. The molecule has 0 saturated heterocycles. The largest absolute Gasteiger partial charge is 0.384 e. The van der Waals surface area contributed by atoms with E-state index in [4.69, 9.17) is 0 Å². The molecule has 20 heavy (non-hydrogen) atoms. The van der Waals surface area contributed by atoms with Crippen molar-refractivity contribution in [3.05, 3.63) is 50.6 Å². The highest BCUT2D eigenvalue weighted by Gasteiger charge is 2.10. The minimum atomic E-state index is -0.156. The van der Waals surface area contributed by atoms with Gasteiger partial charge in [0.2, 0.25) is 0 Å². The quantitative estimate of drug-likeness (QED) is 0.764. The summed E-state index contributed by atoms with van der Waals surface area (Å²) in [6.07, 6.45) is 0.992. The Bertz CT molecular complexity index is 633. The summed E-state index contributed by atoms with van der Waals surface area (Å²) in [5.74, 6) is -0.156. The van der Waals surface area contributed by atoms with Crippen LogP contribution in [-0.4, -0.2) is 17.4 Å². The molecule has 0 atom stereocenters. The van der Waals surface area contributed by atoms with Gasteiger partial charge in [-0.25, -0.2) is 0 Å². The molecule has 0 radical (unpaired) electrons. The van der Waals surface area contributed by atoms with Gasteiger partial charge < -0.3 is 15.6 Å². The number of nitrogens with one attached hydrogen (secondary N) is 3. The number of para-hydroxylation sites is 1. The fraction of sp³-hybridized carbons (Fsp3) is 0.286. The van der Waals surface area contributed by atoms with Gasteiger partial charge in [-0.15, -0.1) is 0 Å². The zero-order valence-corrected chi connectivity index (χ0v) is 12.0. The topological polar surface area (TPSA) is 74.0 Å². The van der Waals surface area contributed by atoms with E-state index in [1.807, 2.05) is 18.2 Å². The molecule has 0 aliphatic carbocycles. The Labute approximate surface area is 121 Å². The number of carbonyl (C=O) groups excluding carboxylic acids is 1. The smallest absolute Gasteiger partial charge is 0.304 e. The molecule has 0 unspecified atom stereocenters. The van der Waals surface area contributed by atoms with E-state index in [-0.39, 0.29) is 10.8 Å². The molecule has 0 saturated carbocycles. The first-order valence-electron chi connectivity index (χ1n) is 6.48. The summed E-state index contributed by atoms with van der Waals surface area (Å²) < 4.78 is 0. The Morgan fingerprint density at radius 2 is 2.15 bits per heavy atom. The lowest BCUT2D eigenvalue weighted by molar-refractivity contribution is 0.0951. The second kappa shape index (κ2) is 6.91. The maximum atomic E-state index is 12.2. The maximum Gasteiger partial charge on any atom is 0.304 e. The summed E-state index contributed by atoms with van der Waals surface area (Å²) in [4.78, 5) is 25.7. The summed E-state index contributed by atoms with van der Waals surface area (Å²) in [6, 6.07) is 7.39. The molecule has 106 valence electrons. The third kappa shape index (κ3) is 3.71. The van der Waals surface area contributed by atoms with Crippen LogP contribution in [0.15, 0.2) is 34.4 Å². The number of hydrogen-bond acceptors (Lipinski definition) is 4. The van der Waals surface area contributed by atoms with Crippen molar-refractivity contribution in [1.82, 2.24) is 10.3 Å². The van der Waals surface area contributed by atoms with Crippen LogP contribution in [-0.2, 0) is 6.54 Å². The SMILES string of the molecule is CCCNc1ccccc1C(=O)NCc1csc(=O)[nH]1. The Kier molecular flexibility index (Phi) is 4.95. The van der Waals surface area contributed by atoms with Crippen LogP contribution < -0.4 is 15.5 Å². The van der Waals surface area contributed by atoms with Gasteiger partial charge in [-0.3, -0.25) is 9.59 Å². The van der Waals surface area contributed by atoms with Gasteiger partial charge in [-0.05, 0) is 18.6 Å². The molecular formula is C14H17N3O2S. The number of anilines is 1. The van der Waals surface area contributed by atoms with Crippen LogP contribution in [0.3, 0.4) is 0 Å². The zero-order valence-electron chi connectivity index (χ0n) is 11.2. The number of aromatic amines is 1. The van der Waals surface area contributed by atoms with Crippen LogP contribution in [0, 0.1) is 0 Å². The molecule has 0 bridgehead atoms. The fourth-order valence-corrected chi connectivity index (χ4v) is 2.35. The number of thiazole rings is 1. The lowest BCUT2D eigenvalue weighted by atomic mass is 10.1. The first-order valence-corrected chi connectivity index (χ1v) is 7.36. The second-order valence-electron chi connectivity index (χ2n) is 4.33. The van der Waals surface area contributed by atoms with E-state index in [1.165, 1.54) is 0 Å². The predicted octanol–water partition coefficient (Wildman–Crippen LogP) is 2.19. The standard InChI is InChI=1S/C14H17N3O2S/c1-2-7-15-12-6-4-3-5-11(12)13(18)16-8-10-9-20-14(19)17-10/h3-6,9,15H,2,7-8H2,1H3,(H,16,18)(H,17,19). The van der Waals surface area contributed by atoms with Crippen molar-refractivity contribution in [1.29, 1.82) is 0 Å². The summed E-state index contributed by atoms with van der Waals surface area (Å²) in [5.41, 5.74) is 2.15. The lowest BCUT2D eigenvalue weighted by Gasteiger charge is -2.11. The monoisotopic (exact) mass is 291 g/mol. The molecule has 0 aliphatic heterocycles. The van der Waals surface area contributed by atoms with Crippen LogP contribution >= 0.6 is 11.3 Å². The molecule has 2 aromatic rings. The van der Waals surface area contributed by atoms with Crippen molar-refractivity contribution < 1.29 is 4.79 Å². The predicted molar refractivity (Wildman–Crippen MR) is 81.3 cm³/mol. The molecule has 1 heterocycles. The van der Waals surface area contributed by atoms with Crippen LogP contribution in [0.4, 0.5) is 5.69 Å². The second-order valence-corrected chi connectivity index (χ2v) is 5.17. The van der Waals surface area contributed by atoms with Gasteiger partial charge in [0.05, 0.1) is 12.1 Å². The molecule has 6 heteroatoms. The minimum Gasteiger partial charge on any atom is -0.384 e. The first kappa shape index (κ1) is 14.3. The number of rotatable bonds is 6. The summed E-state index contributed by atoms with van der Waals surface area (Å²) in [7, 11) is 0. The van der Waals surface area contributed by atoms with Crippen LogP contribution in [0.25, 0.3) is 0 Å². The summed E-state index contributed by atoms with van der Waals surface area (Å²) >= 11 is 1.09. The van der Waals surface area contributed by atoms with E-state index in [2.05, 4.69) is 22.5 Å². The summed E-state index contributed by atoms with van der Waals surface area (Å²) in [5, 5.41) is 7.74. The molecule has 3 N–H and O–H groups in total. The highest BCUT2D eigenvalue weighted by molar-refractivity contribution is 7.07. The number of H-pyrrole nitrogens is 1. The number of aromatic nitrogens is 1. The van der Waals surface area contributed by atoms with Gasteiger partial charge in [0.1, 0.15) is 0 Å². The molecule has 2 rings (SSSR count). The zero-order chi connectivity index (χ0) is 14.4. The van der Waals surface area contributed by atoms with E-state index < -0.39 is 0 Å². The Morgan fingerprint density at radius 3 is 2.85 bits per heavy atom. The van der Waals surface area contributed by atoms with Crippen molar-refractivity contribution in [3.63, 3.8) is 0 Å². The van der Waals surface area contributed by atoms with Crippen molar-refractivity contribution in [2.24, 2.45) is 0 Å². The average Bonchev–Trinajstić information content (AvgIpc) is 2.88. The number of carbonyl (C=O) groups is 1. The van der Waals surface area contributed by atoms with Gasteiger partial charge in [0.25, 0.3) is 5.91 Å². The van der Waals surface area contributed by atoms with Gasteiger partial charge in [-0.2, -0.15) is 0 Å². The average molecular weight is 291 g/mol. The highest BCUT2D eigenvalue weighted by atomic mass is 32.1. The van der Waals surface area contributed by atoms with Gasteiger partial charge in [0.15, 0.2) is 0 Å². The number of benzene rings is 1. The van der Waals surface area contributed by atoms with Gasteiger partial charge in [0, 0.05) is 23.3 Å². The van der Waals surface area contributed by atoms with Crippen LogP contribution in [0.5, 0.6) is 0 Å². The minimum absolute atomic E-state index is 0.112. The molecule has 1 aromatic heterocycles. The van der Waals surface area contributed by atoms with Crippen molar-refractivity contribution >= 4 is 22.9 Å². The lowest BCUT2D eigenvalue weighted by Crippen LogP contribution is -2.24. The Morgan fingerprint density at radius 1 is 1.35 bits per heavy atom. The fourth-order valence-electron chi connectivity index (χ4n) is 1.77. The molecule has 0 fully saturated rings. The van der Waals surface area contributed by atoms with Gasteiger partial charge >= 0.3 is 4.87 Å². The molecule has 1 aromatic carbocycles.